The van der Waals surface area contributed by atoms with Gasteiger partial charge in [-0.05, 0) is 61.7 Å². The van der Waals surface area contributed by atoms with Crippen molar-refractivity contribution >= 4 is 5.71 Å². The first-order valence-electron chi connectivity index (χ1n) is 6.58. The lowest BCUT2D eigenvalue weighted by molar-refractivity contribution is 0.305. The average molecular weight is 269 g/mol. The first kappa shape index (κ1) is 14.1. The monoisotopic (exact) mass is 269 g/mol. The van der Waals surface area contributed by atoms with Gasteiger partial charge in [-0.2, -0.15) is 0 Å². The van der Waals surface area contributed by atoms with Crippen molar-refractivity contribution in [3.8, 4) is 5.75 Å². The molecule has 0 aliphatic heterocycles. The summed E-state index contributed by atoms with van der Waals surface area (Å²) in [6, 6.07) is 13.9. The van der Waals surface area contributed by atoms with Crippen molar-refractivity contribution in [1.82, 2.24) is 0 Å². The second-order valence-corrected chi connectivity index (χ2v) is 4.93. The maximum atomic E-state index is 8.72. The summed E-state index contributed by atoms with van der Waals surface area (Å²) in [6.45, 7) is 6.48. The van der Waals surface area contributed by atoms with Gasteiger partial charge in [-0.1, -0.05) is 28.9 Å². The lowest BCUT2D eigenvalue weighted by Crippen LogP contribution is -1.99. The normalized spacial score (nSPS) is 11.4. The molecule has 20 heavy (non-hydrogen) atoms. The minimum atomic E-state index is 0.555. The number of rotatable bonds is 4. The van der Waals surface area contributed by atoms with Crippen molar-refractivity contribution in [2.24, 2.45) is 5.16 Å². The van der Waals surface area contributed by atoms with E-state index in [1.165, 1.54) is 16.7 Å². The molecule has 3 heteroatoms. The van der Waals surface area contributed by atoms with Crippen LogP contribution >= 0.6 is 0 Å². The third kappa shape index (κ3) is 3.38. The van der Waals surface area contributed by atoms with Gasteiger partial charge >= 0.3 is 0 Å². The van der Waals surface area contributed by atoms with Crippen LogP contribution in [0.3, 0.4) is 0 Å². The lowest BCUT2D eigenvalue weighted by Gasteiger charge is -2.10. The molecule has 0 bridgehead atoms. The van der Waals surface area contributed by atoms with Gasteiger partial charge in [0.05, 0.1) is 5.71 Å². The number of hydrogen-bond acceptors (Lipinski definition) is 3. The van der Waals surface area contributed by atoms with E-state index in [1.54, 1.807) is 6.92 Å². The van der Waals surface area contributed by atoms with Gasteiger partial charge in [-0.15, -0.1) is 0 Å². The number of aryl methyl sites for hydroxylation is 2. The zero-order valence-corrected chi connectivity index (χ0v) is 12.1. The molecule has 104 valence electrons. The molecule has 0 amide bonds. The van der Waals surface area contributed by atoms with E-state index in [9.17, 15) is 0 Å². The van der Waals surface area contributed by atoms with Crippen molar-refractivity contribution in [2.75, 3.05) is 0 Å². The first-order chi connectivity index (χ1) is 9.60. The molecule has 0 aliphatic carbocycles. The Morgan fingerprint density at radius 2 is 1.80 bits per heavy atom. The molecule has 3 nitrogen and oxygen atoms in total. The van der Waals surface area contributed by atoms with E-state index in [0.717, 1.165) is 11.3 Å². The SMILES string of the molecule is CC(=NO)c1ccc(OCc2cc(C)ccc2C)cc1. The van der Waals surface area contributed by atoms with E-state index < -0.39 is 0 Å². The Bertz CT molecular complexity index is 615. The minimum absolute atomic E-state index is 0.555. The molecule has 2 aromatic carbocycles. The van der Waals surface area contributed by atoms with Crippen molar-refractivity contribution in [1.29, 1.82) is 0 Å². The Morgan fingerprint density at radius 1 is 1.10 bits per heavy atom. The molecular weight excluding hydrogens is 250 g/mol. The zero-order chi connectivity index (χ0) is 14.5. The van der Waals surface area contributed by atoms with Gasteiger partial charge in [0, 0.05) is 0 Å². The fourth-order valence-electron chi connectivity index (χ4n) is 1.97. The van der Waals surface area contributed by atoms with Gasteiger partial charge in [0.1, 0.15) is 12.4 Å². The summed E-state index contributed by atoms with van der Waals surface area (Å²) in [5.41, 5.74) is 5.13. The molecular formula is C17H19NO2. The Kier molecular flexibility index (Phi) is 4.41. The third-order valence-corrected chi connectivity index (χ3v) is 3.32. The van der Waals surface area contributed by atoms with Crippen LogP contribution in [0.2, 0.25) is 0 Å². The second kappa shape index (κ2) is 6.24. The van der Waals surface area contributed by atoms with Gasteiger partial charge in [0.2, 0.25) is 0 Å². The van der Waals surface area contributed by atoms with Crippen LogP contribution in [0.4, 0.5) is 0 Å². The molecule has 0 aliphatic rings. The highest BCUT2D eigenvalue weighted by molar-refractivity contribution is 5.98. The maximum Gasteiger partial charge on any atom is 0.119 e. The topological polar surface area (TPSA) is 41.8 Å². The van der Waals surface area contributed by atoms with Crippen molar-refractivity contribution in [3.05, 3.63) is 64.7 Å². The van der Waals surface area contributed by atoms with Gasteiger partial charge in [-0.25, -0.2) is 0 Å². The standard InChI is InChI=1S/C17H19NO2/c1-12-4-5-13(2)16(10-12)11-20-17-8-6-15(7-9-17)14(3)18-19/h4-10,19H,11H2,1-3H3. The summed E-state index contributed by atoms with van der Waals surface area (Å²) in [5.74, 6) is 0.806. The molecule has 0 aromatic heterocycles. The third-order valence-electron chi connectivity index (χ3n) is 3.32. The Morgan fingerprint density at radius 3 is 2.45 bits per heavy atom. The van der Waals surface area contributed by atoms with E-state index in [-0.39, 0.29) is 0 Å². The van der Waals surface area contributed by atoms with Crippen molar-refractivity contribution in [3.63, 3.8) is 0 Å². The summed E-state index contributed by atoms with van der Waals surface area (Å²) in [5, 5.41) is 11.9. The van der Waals surface area contributed by atoms with Crippen LogP contribution in [-0.4, -0.2) is 10.9 Å². The first-order valence-corrected chi connectivity index (χ1v) is 6.58. The Hall–Kier alpha value is -2.29. The van der Waals surface area contributed by atoms with Crippen LogP contribution in [0, 0.1) is 13.8 Å². The van der Waals surface area contributed by atoms with Crippen LogP contribution in [0.1, 0.15) is 29.2 Å². The molecule has 0 saturated carbocycles. The quantitative estimate of drug-likeness (QED) is 0.516. The largest absolute Gasteiger partial charge is 0.489 e. The zero-order valence-electron chi connectivity index (χ0n) is 12.1. The summed E-state index contributed by atoms with van der Waals surface area (Å²) >= 11 is 0. The highest BCUT2D eigenvalue weighted by Gasteiger charge is 2.02. The average Bonchev–Trinajstić information content (AvgIpc) is 2.48. The molecule has 0 saturated heterocycles. The smallest absolute Gasteiger partial charge is 0.119 e. The molecule has 0 heterocycles. The van der Waals surface area contributed by atoms with Crippen LogP contribution in [0.25, 0.3) is 0 Å². The van der Waals surface area contributed by atoms with Gasteiger partial charge in [-0.3, -0.25) is 0 Å². The molecule has 0 spiro atoms. The molecule has 2 rings (SSSR count). The molecule has 0 atom stereocenters. The molecule has 2 aromatic rings. The summed E-state index contributed by atoms with van der Waals surface area (Å²) in [4.78, 5) is 0. The van der Waals surface area contributed by atoms with Gasteiger partial charge in [0.15, 0.2) is 0 Å². The van der Waals surface area contributed by atoms with Gasteiger partial charge < -0.3 is 9.94 Å². The second-order valence-electron chi connectivity index (χ2n) is 4.93. The minimum Gasteiger partial charge on any atom is -0.489 e. The number of hydrogen-bond donors (Lipinski definition) is 1. The Balaban J connectivity index is 2.06. The van der Waals surface area contributed by atoms with E-state index >= 15 is 0 Å². The fraction of sp³-hybridized carbons (Fsp3) is 0.235. The molecule has 1 N–H and O–H groups in total. The predicted molar refractivity (Wildman–Crippen MR) is 80.7 cm³/mol. The van der Waals surface area contributed by atoms with Crippen LogP contribution in [0.5, 0.6) is 5.75 Å². The fourth-order valence-corrected chi connectivity index (χ4v) is 1.97. The number of ether oxygens (including phenoxy) is 1. The summed E-state index contributed by atoms with van der Waals surface area (Å²) in [7, 11) is 0. The molecule has 0 radical (unpaired) electrons. The Labute approximate surface area is 119 Å². The number of nitrogens with zero attached hydrogens (tertiary/aromatic N) is 1. The molecule has 0 unspecified atom stereocenters. The summed E-state index contributed by atoms with van der Waals surface area (Å²) in [6.07, 6.45) is 0. The van der Waals surface area contributed by atoms with Crippen molar-refractivity contribution in [2.45, 2.75) is 27.4 Å². The predicted octanol–water partition coefficient (Wildman–Crippen LogP) is 4.08. The molecule has 0 fully saturated rings. The van der Waals surface area contributed by atoms with Crippen LogP contribution in [0.15, 0.2) is 47.6 Å². The van der Waals surface area contributed by atoms with E-state index in [1.807, 2.05) is 24.3 Å². The maximum absolute atomic E-state index is 8.72. The summed E-state index contributed by atoms with van der Waals surface area (Å²) < 4.78 is 5.79. The highest BCUT2D eigenvalue weighted by atomic mass is 16.5. The lowest BCUT2D eigenvalue weighted by atomic mass is 10.1. The van der Waals surface area contributed by atoms with E-state index in [4.69, 9.17) is 9.94 Å². The van der Waals surface area contributed by atoms with E-state index in [0.29, 0.717) is 12.3 Å². The highest BCUT2D eigenvalue weighted by Crippen LogP contribution is 2.17. The number of benzene rings is 2. The van der Waals surface area contributed by atoms with Crippen LogP contribution < -0.4 is 4.74 Å². The van der Waals surface area contributed by atoms with Crippen molar-refractivity contribution < 1.29 is 9.94 Å². The van der Waals surface area contributed by atoms with Crippen LogP contribution in [-0.2, 0) is 6.61 Å². The number of oxime groups is 1. The van der Waals surface area contributed by atoms with Gasteiger partial charge in [0.25, 0.3) is 0 Å². The van der Waals surface area contributed by atoms with E-state index in [2.05, 4.69) is 37.2 Å².